The first kappa shape index (κ1) is 34.7. The van der Waals surface area contributed by atoms with Crippen LogP contribution in [0.4, 0.5) is 0 Å². The molecule has 0 unspecified atom stereocenters. The number of benzene rings is 9. The molecular formula is C55H33N3S2. The number of hydrogen-bond acceptors (Lipinski definition) is 5. The van der Waals surface area contributed by atoms with Crippen LogP contribution in [0.25, 0.3) is 119 Å². The predicted molar refractivity (Wildman–Crippen MR) is 256 cm³/mol. The first-order valence-electron chi connectivity index (χ1n) is 20.1. The Bertz CT molecular complexity index is 3470. The van der Waals surface area contributed by atoms with Crippen LogP contribution in [0.1, 0.15) is 0 Å². The normalized spacial score (nSPS) is 11.7. The number of fused-ring (bicyclic) bond motifs is 7. The van der Waals surface area contributed by atoms with Crippen molar-refractivity contribution in [3.05, 3.63) is 200 Å². The third-order valence-electron chi connectivity index (χ3n) is 11.6. The first-order valence-corrected chi connectivity index (χ1v) is 21.7. The van der Waals surface area contributed by atoms with Crippen LogP contribution >= 0.6 is 22.7 Å². The maximum Gasteiger partial charge on any atom is 0.165 e. The maximum atomic E-state index is 5.53. The minimum atomic E-state index is 0.631. The van der Waals surface area contributed by atoms with Crippen molar-refractivity contribution >= 4 is 73.8 Å². The van der Waals surface area contributed by atoms with Crippen molar-refractivity contribution in [1.82, 2.24) is 15.0 Å². The van der Waals surface area contributed by atoms with E-state index in [1.807, 2.05) is 0 Å². The topological polar surface area (TPSA) is 38.7 Å². The molecule has 3 nitrogen and oxygen atoms in total. The van der Waals surface area contributed by atoms with Crippen LogP contribution in [0.3, 0.4) is 0 Å². The molecule has 0 fully saturated rings. The number of aromatic nitrogens is 3. The SMILES string of the molecule is c1ccc(-c2ccc(-c3nc(-c4cccc5c4sc4ccccc45)nc(-c4cccc5c4sc4ccccc45)n3)c(-c3cccc4ccccc34)c2-c2ccccc2)cc1. The Morgan fingerprint density at radius 3 is 1.32 bits per heavy atom. The van der Waals surface area contributed by atoms with Gasteiger partial charge >= 0.3 is 0 Å². The van der Waals surface area contributed by atoms with Crippen LogP contribution in [-0.4, -0.2) is 15.0 Å². The van der Waals surface area contributed by atoms with Gasteiger partial charge in [-0.05, 0) is 68.9 Å². The summed E-state index contributed by atoms with van der Waals surface area (Å²) in [7, 11) is 0. The standard InChI is InChI=1S/C55H33N3S2/c1-3-16-35(17-4-1)38-32-33-44(50(49(38)36-19-5-2-6-20-36)41-25-13-21-34-18-7-8-22-37(34)41)53-56-54(45-28-14-26-42-39-23-9-11-30-47(39)59-51(42)45)58-55(57-53)46-29-15-27-43-40-24-10-12-31-48(40)60-52(43)46/h1-33H. The molecule has 0 N–H and O–H groups in total. The summed E-state index contributed by atoms with van der Waals surface area (Å²) in [5, 5.41) is 7.24. The smallest absolute Gasteiger partial charge is 0.165 e. The van der Waals surface area contributed by atoms with Crippen LogP contribution < -0.4 is 0 Å². The van der Waals surface area contributed by atoms with Gasteiger partial charge in [0.1, 0.15) is 0 Å². The summed E-state index contributed by atoms with van der Waals surface area (Å²) in [5.74, 6) is 1.94. The van der Waals surface area contributed by atoms with Gasteiger partial charge in [0.05, 0.1) is 0 Å². The van der Waals surface area contributed by atoms with Gasteiger partial charge in [-0.2, -0.15) is 0 Å². The molecule has 0 saturated heterocycles. The summed E-state index contributed by atoms with van der Waals surface area (Å²) in [6, 6.07) is 71.5. The molecule has 0 atom stereocenters. The molecule has 0 saturated carbocycles. The third kappa shape index (κ3) is 5.66. The average molecular weight is 800 g/mol. The van der Waals surface area contributed by atoms with E-state index in [4.69, 9.17) is 15.0 Å². The fourth-order valence-corrected chi connectivity index (χ4v) is 11.3. The van der Waals surface area contributed by atoms with E-state index in [1.54, 1.807) is 22.7 Å². The van der Waals surface area contributed by atoms with Crippen molar-refractivity contribution in [2.75, 3.05) is 0 Å². The Morgan fingerprint density at radius 1 is 0.267 bits per heavy atom. The Balaban J connectivity index is 1.22. The third-order valence-corrected chi connectivity index (χ3v) is 14.0. The van der Waals surface area contributed by atoms with Gasteiger partial charge in [0.25, 0.3) is 0 Å². The highest BCUT2D eigenvalue weighted by molar-refractivity contribution is 7.26. The molecule has 0 aliphatic rings. The summed E-state index contributed by atoms with van der Waals surface area (Å²) >= 11 is 3.59. The highest BCUT2D eigenvalue weighted by Crippen LogP contribution is 2.48. The monoisotopic (exact) mass is 799 g/mol. The summed E-state index contributed by atoms with van der Waals surface area (Å²) in [5.41, 5.74) is 9.71. The molecule has 60 heavy (non-hydrogen) atoms. The molecule has 12 aromatic rings. The van der Waals surface area contributed by atoms with E-state index in [0.717, 1.165) is 50.1 Å². The van der Waals surface area contributed by atoms with Crippen molar-refractivity contribution in [3.8, 4) is 67.5 Å². The summed E-state index contributed by atoms with van der Waals surface area (Å²) in [4.78, 5) is 16.5. The number of nitrogens with zero attached hydrogens (tertiary/aromatic N) is 3. The second-order valence-corrected chi connectivity index (χ2v) is 17.1. The van der Waals surface area contributed by atoms with Gasteiger partial charge in [-0.15, -0.1) is 22.7 Å². The summed E-state index contributed by atoms with van der Waals surface area (Å²) in [6.45, 7) is 0. The van der Waals surface area contributed by atoms with Gasteiger partial charge in [-0.25, -0.2) is 15.0 Å². The molecule has 280 valence electrons. The van der Waals surface area contributed by atoms with Crippen LogP contribution in [0, 0.1) is 0 Å². The van der Waals surface area contributed by atoms with Crippen LogP contribution in [0.15, 0.2) is 200 Å². The number of thiophene rings is 2. The Labute approximate surface area is 354 Å². The molecule has 9 aromatic carbocycles. The van der Waals surface area contributed by atoms with E-state index in [-0.39, 0.29) is 0 Å². The van der Waals surface area contributed by atoms with Gasteiger partial charge in [0.2, 0.25) is 0 Å². The molecule has 3 heterocycles. The molecule has 12 rings (SSSR count). The van der Waals surface area contributed by atoms with Crippen LogP contribution in [-0.2, 0) is 0 Å². The molecular weight excluding hydrogens is 767 g/mol. The lowest BCUT2D eigenvalue weighted by Gasteiger charge is -2.21. The molecule has 0 spiro atoms. The van der Waals surface area contributed by atoms with Gasteiger partial charge < -0.3 is 0 Å². The van der Waals surface area contributed by atoms with Crippen molar-refractivity contribution in [1.29, 1.82) is 0 Å². The number of hydrogen-bond donors (Lipinski definition) is 0. The largest absolute Gasteiger partial charge is 0.208 e. The molecule has 0 bridgehead atoms. The average Bonchev–Trinajstić information content (AvgIpc) is 3.90. The zero-order valence-electron chi connectivity index (χ0n) is 32.2. The molecule has 0 aliphatic heterocycles. The van der Waals surface area contributed by atoms with Crippen LogP contribution in [0.5, 0.6) is 0 Å². The molecule has 0 amide bonds. The van der Waals surface area contributed by atoms with Crippen LogP contribution in [0.2, 0.25) is 0 Å². The minimum Gasteiger partial charge on any atom is -0.208 e. The molecule has 5 heteroatoms. The highest BCUT2D eigenvalue weighted by atomic mass is 32.1. The lowest BCUT2D eigenvalue weighted by molar-refractivity contribution is 1.08. The van der Waals surface area contributed by atoms with Gasteiger partial charge in [0, 0.05) is 62.6 Å². The van der Waals surface area contributed by atoms with E-state index in [9.17, 15) is 0 Å². The maximum absolute atomic E-state index is 5.53. The lowest BCUT2D eigenvalue weighted by atomic mass is 9.83. The zero-order chi connectivity index (χ0) is 39.6. The first-order chi connectivity index (χ1) is 29.8. The van der Waals surface area contributed by atoms with Crippen molar-refractivity contribution < 1.29 is 0 Å². The fourth-order valence-electron chi connectivity index (χ4n) is 8.86. The van der Waals surface area contributed by atoms with E-state index < -0.39 is 0 Å². The van der Waals surface area contributed by atoms with E-state index in [1.165, 1.54) is 51.1 Å². The van der Waals surface area contributed by atoms with E-state index in [0.29, 0.717) is 17.5 Å². The summed E-state index contributed by atoms with van der Waals surface area (Å²) in [6.07, 6.45) is 0. The van der Waals surface area contributed by atoms with Crippen molar-refractivity contribution in [2.24, 2.45) is 0 Å². The summed E-state index contributed by atoms with van der Waals surface area (Å²) < 4.78 is 4.82. The lowest BCUT2D eigenvalue weighted by Crippen LogP contribution is -2.03. The second-order valence-electron chi connectivity index (χ2n) is 15.0. The Hall–Kier alpha value is -7.31. The molecule has 0 aliphatic carbocycles. The second kappa shape index (κ2) is 14.2. The Kier molecular flexibility index (Phi) is 8.22. The highest BCUT2D eigenvalue weighted by Gasteiger charge is 2.25. The van der Waals surface area contributed by atoms with Gasteiger partial charge in [0.15, 0.2) is 17.5 Å². The molecule has 3 aromatic heterocycles. The predicted octanol–water partition coefficient (Wildman–Crippen LogP) is 15.8. The Morgan fingerprint density at radius 2 is 0.700 bits per heavy atom. The van der Waals surface area contributed by atoms with E-state index >= 15 is 0 Å². The zero-order valence-corrected chi connectivity index (χ0v) is 33.8. The quantitative estimate of drug-likeness (QED) is 0.168. The molecule has 0 radical (unpaired) electrons. The van der Waals surface area contributed by atoms with Gasteiger partial charge in [-0.1, -0.05) is 170 Å². The number of rotatable bonds is 6. The van der Waals surface area contributed by atoms with Crippen molar-refractivity contribution in [2.45, 2.75) is 0 Å². The fraction of sp³-hybridized carbons (Fsp3) is 0. The van der Waals surface area contributed by atoms with Crippen molar-refractivity contribution in [3.63, 3.8) is 0 Å². The minimum absolute atomic E-state index is 0.631. The van der Waals surface area contributed by atoms with Gasteiger partial charge in [-0.3, -0.25) is 0 Å². The van der Waals surface area contributed by atoms with E-state index in [2.05, 4.69) is 200 Å².